The van der Waals surface area contributed by atoms with Gasteiger partial charge in [-0.3, -0.25) is 4.79 Å². The summed E-state index contributed by atoms with van der Waals surface area (Å²) in [5.41, 5.74) is -0.770. The Labute approximate surface area is 120 Å². The molecule has 0 bridgehead atoms. The van der Waals surface area contributed by atoms with Gasteiger partial charge in [0.25, 0.3) is 0 Å². The molecule has 5 nitrogen and oxygen atoms in total. The number of ether oxygens (including phenoxy) is 1. The van der Waals surface area contributed by atoms with Crippen LogP contribution in [0.3, 0.4) is 0 Å². The fraction of sp³-hybridized carbons (Fsp3) is 0.867. The van der Waals surface area contributed by atoms with Crippen LogP contribution in [0, 0.1) is 23.2 Å². The van der Waals surface area contributed by atoms with Crippen LogP contribution in [0.15, 0.2) is 0 Å². The number of fused-ring (bicyclic) bond motifs is 1. The number of carbonyl (C=O) groups excluding carboxylic acids is 1. The number of nitrogens with one attached hydrogen (secondary N) is 1. The van der Waals surface area contributed by atoms with Crippen molar-refractivity contribution < 1.29 is 19.4 Å². The molecular weight excluding hydrogens is 258 g/mol. The highest BCUT2D eigenvalue weighted by molar-refractivity contribution is 5.77. The molecule has 0 heterocycles. The quantitative estimate of drug-likeness (QED) is 0.831. The Morgan fingerprint density at radius 3 is 2.45 bits per heavy atom. The van der Waals surface area contributed by atoms with Gasteiger partial charge in [0, 0.05) is 12.0 Å². The zero-order valence-electron chi connectivity index (χ0n) is 12.7. The molecule has 1 unspecified atom stereocenters. The molecule has 20 heavy (non-hydrogen) atoms. The summed E-state index contributed by atoms with van der Waals surface area (Å²) in [5.74, 6) is -0.404. The van der Waals surface area contributed by atoms with Gasteiger partial charge in [-0.2, -0.15) is 0 Å². The molecule has 114 valence electrons. The lowest BCUT2D eigenvalue weighted by Crippen LogP contribution is -2.38. The molecule has 2 N–H and O–H groups in total. The third-order valence-corrected chi connectivity index (χ3v) is 4.85. The maximum Gasteiger partial charge on any atom is 0.407 e. The van der Waals surface area contributed by atoms with Crippen LogP contribution in [0.25, 0.3) is 0 Å². The van der Waals surface area contributed by atoms with Gasteiger partial charge in [0.1, 0.15) is 5.60 Å². The zero-order chi connectivity index (χ0) is 15.1. The van der Waals surface area contributed by atoms with Gasteiger partial charge in [0.15, 0.2) is 0 Å². The van der Waals surface area contributed by atoms with E-state index in [4.69, 9.17) is 4.74 Å². The first-order valence-corrected chi connectivity index (χ1v) is 7.42. The van der Waals surface area contributed by atoms with Gasteiger partial charge in [0.05, 0.1) is 5.92 Å². The topological polar surface area (TPSA) is 75.6 Å². The fourth-order valence-corrected chi connectivity index (χ4v) is 4.09. The molecule has 5 heteroatoms. The van der Waals surface area contributed by atoms with Gasteiger partial charge in [-0.25, -0.2) is 4.79 Å². The fourth-order valence-electron chi connectivity index (χ4n) is 4.09. The molecule has 4 atom stereocenters. The van der Waals surface area contributed by atoms with Crippen LogP contribution in [-0.4, -0.2) is 29.3 Å². The van der Waals surface area contributed by atoms with Crippen molar-refractivity contribution in [3.63, 3.8) is 0 Å². The number of amides is 1. The second kappa shape index (κ2) is 4.93. The molecule has 0 radical (unpaired) electrons. The van der Waals surface area contributed by atoms with E-state index in [9.17, 15) is 14.7 Å². The van der Waals surface area contributed by atoms with Gasteiger partial charge < -0.3 is 15.2 Å². The summed E-state index contributed by atoms with van der Waals surface area (Å²) in [6, 6.07) is 0. The van der Waals surface area contributed by atoms with Crippen LogP contribution in [0.5, 0.6) is 0 Å². The SMILES string of the molecule is CCC1CC[C@H]2[C@@H](C(=O)O)[C@@]12CNC(=O)OC(C)(C)C. The van der Waals surface area contributed by atoms with Crippen molar-refractivity contribution in [2.75, 3.05) is 6.54 Å². The molecular formula is C15H25NO4. The van der Waals surface area contributed by atoms with E-state index in [1.807, 2.05) is 20.8 Å². The van der Waals surface area contributed by atoms with E-state index in [1.165, 1.54) is 0 Å². The van der Waals surface area contributed by atoms with Gasteiger partial charge in [-0.15, -0.1) is 0 Å². The van der Waals surface area contributed by atoms with E-state index in [-0.39, 0.29) is 17.3 Å². The first-order valence-electron chi connectivity index (χ1n) is 7.42. The summed E-state index contributed by atoms with van der Waals surface area (Å²) in [5, 5.41) is 12.1. The lowest BCUT2D eigenvalue weighted by atomic mass is 9.85. The van der Waals surface area contributed by atoms with E-state index >= 15 is 0 Å². The first-order chi connectivity index (χ1) is 9.22. The first kappa shape index (κ1) is 15.1. The van der Waals surface area contributed by atoms with Crippen LogP contribution in [0.2, 0.25) is 0 Å². The molecule has 0 aromatic carbocycles. The molecule has 2 fully saturated rings. The van der Waals surface area contributed by atoms with Crippen LogP contribution >= 0.6 is 0 Å². The molecule has 0 aromatic rings. The van der Waals surface area contributed by atoms with Gasteiger partial charge >= 0.3 is 12.1 Å². The number of hydrogen-bond acceptors (Lipinski definition) is 3. The van der Waals surface area contributed by atoms with Crippen molar-refractivity contribution in [2.45, 2.75) is 52.6 Å². The highest BCUT2D eigenvalue weighted by Crippen LogP contribution is 2.71. The second-order valence-electron chi connectivity index (χ2n) is 7.07. The van der Waals surface area contributed by atoms with Crippen molar-refractivity contribution in [1.29, 1.82) is 0 Å². The summed E-state index contributed by atoms with van der Waals surface area (Å²) in [4.78, 5) is 23.1. The van der Waals surface area contributed by atoms with E-state index in [1.54, 1.807) is 0 Å². The van der Waals surface area contributed by atoms with Crippen molar-refractivity contribution in [3.8, 4) is 0 Å². The van der Waals surface area contributed by atoms with E-state index in [0.717, 1.165) is 19.3 Å². The number of carboxylic acids is 1. The minimum atomic E-state index is -0.723. The monoisotopic (exact) mass is 283 g/mol. The largest absolute Gasteiger partial charge is 0.481 e. The van der Waals surface area contributed by atoms with E-state index < -0.39 is 17.7 Å². The Kier molecular flexibility index (Phi) is 3.73. The maximum atomic E-state index is 11.8. The Morgan fingerprint density at radius 2 is 2.00 bits per heavy atom. The molecule has 2 aliphatic carbocycles. The number of alkyl carbamates (subject to hydrolysis) is 1. The van der Waals surface area contributed by atoms with Gasteiger partial charge in [-0.05, 0) is 45.4 Å². The molecule has 0 aromatic heterocycles. The molecule has 0 aliphatic heterocycles. The number of carbonyl (C=O) groups is 2. The molecule has 0 saturated heterocycles. The molecule has 2 aliphatic rings. The van der Waals surface area contributed by atoms with Crippen molar-refractivity contribution >= 4 is 12.1 Å². The normalized spacial score (nSPS) is 35.3. The summed E-state index contributed by atoms with van der Waals surface area (Å²) >= 11 is 0. The summed E-state index contributed by atoms with van der Waals surface area (Å²) in [7, 11) is 0. The molecule has 0 spiro atoms. The van der Waals surface area contributed by atoms with Gasteiger partial charge in [-0.1, -0.05) is 13.3 Å². The third kappa shape index (κ3) is 2.50. The van der Waals surface area contributed by atoms with Crippen LogP contribution in [-0.2, 0) is 9.53 Å². The number of aliphatic carboxylic acids is 1. The highest BCUT2D eigenvalue weighted by atomic mass is 16.6. The van der Waals surface area contributed by atoms with Crippen molar-refractivity contribution in [2.24, 2.45) is 23.2 Å². The van der Waals surface area contributed by atoms with Crippen LogP contribution in [0.4, 0.5) is 4.79 Å². The van der Waals surface area contributed by atoms with E-state index in [2.05, 4.69) is 12.2 Å². The van der Waals surface area contributed by atoms with Crippen LogP contribution < -0.4 is 5.32 Å². The average molecular weight is 283 g/mol. The zero-order valence-corrected chi connectivity index (χ0v) is 12.7. The lowest BCUT2D eigenvalue weighted by molar-refractivity contribution is -0.140. The minimum Gasteiger partial charge on any atom is -0.481 e. The standard InChI is InChI=1S/C15H25NO4/c1-5-9-6-7-10-11(12(17)18)15(9,10)8-16-13(19)20-14(2,3)4/h9-11H,5-8H2,1-4H3,(H,16,19)(H,17,18)/t9?,10-,11-,15-/m0/s1. The number of carboxylic acid groups (broad SMARTS) is 1. The Hall–Kier alpha value is -1.26. The van der Waals surface area contributed by atoms with Gasteiger partial charge in [0.2, 0.25) is 0 Å². The van der Waals surface area contributed by atoms with E-state index in [0.29, 0.717) is 12.5 Å². The minimum absolute atomic E-state index is 0.222. The van der Waals surface area contributed by atoms with Crippen molar-refractivity contribution in [3.05, 3.63) is 0 Å². The lowest BCUT2D eigenvalue weighted by Gasteiger charge is -2.25. The highest BCUT2D eigenvalue weighted by Gasteiger charge is 2.73. The Balaban J connectivity index is 1.99. The summed E-state index contributed by atoms with van der Waals surface area (Å²) < 4.78 is 5.23. The predicted molar refractivity (Wildman–Crippen MR) is 74.3 cm³/mol. The Morgan fingerprint density at radius 1 is 1.35 bits per heavy atom. The maximum absolute atomic E-state index is 11.8. The predicted octanol–water partition coefficient (Wildman–Crippen LogP) is 2.65. The number of rotatable bonds is 4. The Bertz CT molecular complexity index is 415. The second-order valence-corrected chi connectivity index (χ2v) is 7.07. The summed E-state index contributed by atoms with van der Waals surface area (Å²) in [6.45, 7) is 7.96. The summed E-state index contributed by atoms with van der Waals surface area (Å²) in [6.07, 6.45) is 2.55. The average Bonchev–Trinajstić information content (AvgIpc) is 2.82. The van der Waals surface area contributed by atoms with Crippen LogP contribution in [0.1, 0.15) is 47.0 Å². The molecule has 2 saturated carbocycles. The third-order valence-electron chi connectivity index (χ3n) is 4.85. The number of hydrogen-bond donors (Lipinski definition) is 2. The molecule has 1 amide bonds. The smallest absolute Gasteiger partial charge is 0.407 e. The van der Waals surface area contributed by atoms with Crippen molar-refractivity contribution in [1.82, 2.24) is 5.32 Å². The molecule has 2 rings (SSSR count).